The Balaban J connectivity index is 0.00000306. The van der Waals surface area contributed by atoms with Crippen LogP contribution in [0.2, 0.25) is 0 Å². The number of hydrogen-bond acceptors (Lipinski definition) is 4. The van der Waals surface area contributed by atoms with Gasteiger partial charge < -0.3 is 15.4 Å². The average molecular weight is 560 g/mol. The van der Waals surface area contributed by atoms with Gasteiger partial charge >= 0.3 is 0 Å². The van der Waals surface area contributed by atoms with Crippen molar-refractivity contribution >= 4 is 46.4 Å². The number of rotatable bonds is 7. The summed E-state index contributed by atoms with van der Waals surface area (Å²) in [5.41, 5.74) is 2.20. The van der Waals surface area contributed by atoms with Crippen molar-refractivity contribution in [3.8, 4) is 0 Å². The number of nitrogens with zero attached hydrogens (tertiary/aromatic N) is 2. The van der Waals surface area contributed by atoms with E-state index in [0.717, 1.165) is 37.7 Å². The fraction of sp³-hybridized carbons (Fsp3) is 0.320. The van der Waals surface area contributed by atoms with E-state index in [9.17, 15) is 10.1 Å². The predicted molar refractivity (Wildman–Crippen MR) is 142 cm³/mol. The summed E-state index contributed by atoms with van der Waals surface area (Å²) in [7, 11) is 0. The van der Waals surface area contributed by atoms with Crippen LogP contribution in [0.1, 0.15) is 30.5 Å². The lowest BCUT2D eigenvalue weighted by molar-refractivity contribution is -0.384. The molecule has 7 nitrogen and oxygen atoms in total. The van der Waals surface area contributed by atoms with E-state index in [2.05, 4.69) is 54.0 Å². The van der Waals surface area contributed by atoms with Crippen molar-refractivity contribution in [2.45, 2.75) is 25.9 Å². The number of non-ortho nitro benzene ring substituents is 1. The summed E-state index contributed by atoms with van der Waals surface area (Å²) in [6, 6.07) is 21.3. The normalized spacial score (nSPS) is 16.8. The standard InChI is InChI=1S/C25H28N4O3.HI/c1-18(23-8-4-6-21-5-2-3-7-24(21)23)28-25(27-16-20-13-14-32-17-20)26-15-19-9-11-22(12-10-19)29(30)31;/h2-12,18,20H,13-17H2,1H3,(H2,26,27,28);1H. The molecule has 0 bridgehead atoms. The van der Waals surface area contributed by atoms with Crippen LogP contribution < -0.4 is 10.6 Å². The molecule has 2 atom stereocenters. The zero-order valence-electron chi connectivity index (χ0n) is 18.6. The van der Waals surface area contributed by atoms with Gasteiger partial charge in [0.1, 0.15) is 0 Å². The van der Waals surface area contributed by atoms with Crippen LogP contribution in [0.4, 0.5) is 5.69 Å². The largest absolute Gasteiger partial charge is 0.381 e. The van der Waals surface area contributed by atoms with Gasteiger partial charge in [-0.2, -0.15) is 0 Å². The lowest BCUT2D eigenvalue weighted by Crippen LogP contribution is -2.41. The van der Waals surface area contributed by atoms with E-state index in [0.29, 0.717) is 12.5 Å². The van der Waals surface area contributed by atoms with Crippen molar-refractivity contribution in [2.24, 2.45) is 10.9 Å². The molecular formula is C25H29IN4O3. The van der Waals surface area contributed by atoms with Gasteiger partial charge in [0, 0.05) is 31.2 Å². The number of aliphatic imine (C=N–C) groups is 1. The Morgan fingerprint density at radius 2 is 1.91 bits per heavy atom. The molecule has 4 rings (SSSR count). The van der Waals surface area contributed by atoms with Gasteiger partial charge in [-0.05, 0) is 35.2 Å². The number of halogens is 1. The van der Waals surface area contributed by atoms with Crippen molar-refractivity contribution < 1.29 is 9.66 Å². The van der Waals surface area contributed by atoms with Crippen LogP contribution in [0.5, 0.6) is 0 Å². The molecule has 0 amide bonds. The monoisotopic (exact) mass is 560 g/mol. The fourth-order valence-corrected chi connectivity index (χ4v) is 3.94. The van der Waals surface area contributed by atoms with E-state index < -0.39 is 4.92 Å². The van der Waals surface area contributed by atoms with Crippen LogP contribution in [-0.2, 0) is 11.3 Å². The number of hydrogen-bond donors (Lipinski definition) is 2. The molecule has 33 heavy (non-hydrogen) atoms. The molecule has 0 aliphatic carbocycles. The van der Waals surface area contributed by atoms with Gasteiger partial charge in [-0.1, -0.05) is 54.6 Å². The minimum absolute atomic E-state index is 0. The molecule has 2 N–H and O–H groups in total. The van der Waals surface area contributed by atoms with Crippen LogP contribution in [0.15, 0.2) is 71.7 Å². The molecule has 3 aromatic rings. The molecule has 0 saturated carbocycles. The highest BCUT2D eigenvalue weighted by Gasteiger charge is 2.17. The maximum atomic E-state index is 10.9. The molecule has 1 heterocycles. The third-order valence-corrected chi connectivity index (χ3v) is 5.79. The van der Waals surface area contributed by atoms with Gasteiger partial charge in [0.25, 0.3) is 5.69 Å². The molecule has 174 valence electrons. The van der Waals surface area contributed by atoms with E-state index in [-0.39, 0.29) is 35.7 Å². The highest BCUT2D eigenvalue weighted by Crippen LogP contribution is 2.24. The molecule has 8 heteroatoms. The van der Waals surface area contributed by atoms with E-state index in [1.807, 2.05) is 6.07 Å². The van der Waals surface area contributed by atoms with Gasteiger partial charge in [0.15, 0.2) is 5.96 Å². The molecule has 0 radical (unpaired) electrons. The Kier molecular flexibility index (Phi) is 9.02. The lowest BCUT2D eigenvalue weighted by Gasteiger charge is -2.21. The van der Waals surface area contributed by atoms with Gasteiger partial charge in [0.2, 0.25) is 0 Å². The van der Waals surface area contributed by atoms with Crippen LogP contribution >= 0.6 is 24.0 Å². The number of nitro benzene ring substituents is 1. The molecule has 1 aliphatic heterocycles. The maximum Gasteiger partial charge on any atom is 0.269 e. The van der Waals surface area contributed by atoms with Crippen molar-refractivity contribution in [3.05, 3.63) is 88.0 Å². The third-order valence-electron chi connectivity index (χ3n) is 5.79. The Morgan fingerprint density at radius 1 is 1.15 bits per heavy atom. The second-order valence-corrected chi connectivity index (χ2v) is 8.13. The van der Waals surface area contributed by atoms with E-state index in [1.165, 1.54) is 28.5 Å². The summed E-state index contributed by atoms with van der Waals surface area (Å²) in [5, 5.41) is 20.3. The van der Waals surface area contributed by atoms with Gasteiger partial charge in [-0.3, -0.25) is 10.1 Å². The summed E-state index contributed by atoms with van der Waals surface area (Å²) >= 11 is 0. The summed E-state index contributed by atoms with van der Waals surface area (Å²) in [5.74, 6) is 1.19. The third kappa shape index (κ3) is 6.64. The number of guanidine groups is 1. The SMILES string of the molecule is CC(NC(=NCc1ccc([N+](=O)[O-])cc1)NCC1CCOC1)c1cccc2ccccc12.I. The first-order chi connectivity index (χ1) is 15.6. The zero-order chi connectivity index (χ0) is 22.3. The molecule has 0 spiro atoms. The van der Waals surface area contributed by atoms with E-state index >= 15 is 0 Å². The quantitative estimate of drug-likeness (QED) is 0.136. The van der Waals surface area contributed by atoms with Crippen LogP contribution in [0.25, 0.3) is 10.8 Å². The molecule has 1 aliphatic rings. The van der Waals surface area contributed by atoms with Gasteiger partial charge in [-0.15, -0.1) is 24.0 Å². The van der Waals surface area contributed by atoms with E-state index in [4.69, 9.17) is 9.73 Å². The fourth-order valence-electron chi connectivity index (χ4n) is 3.94. The van der Waals surface area contributed by atoms with Crippen molar-refractivity contribution in [2.75, 3.05) is 19.8 Å². The minimum Gasteiger partial charge on any atom is -0.381 e. The topological polar surface area (TPSA) is 88.8 Å². The Bertz CT molecular complexity index is 1090. The first-order valence-electron chi connectivity index (χ1n) is 10.9. The number of nitrogens with one attached hydrogen (secondary N) is 2. The first kappa shape index (κ1) is 24.9. The first-order valence-corrected chi connectivity index (χ1v) is 10.9. The number of fused-ring (bicyclic) bond motifs is 1. The van der Waals surface area contributed by atoms with Crippen molar-refractivity contribution in [3.63, 3.8) is 0 Å². The van der Waals surface area contributed by atoms with Gasteiger partial charge in [0.05, 0.1) is 24.1 Å². The minimum atomic E-state index is -0.392. The Morgan fingerprint density at radius 3 is 2.64 bits per heavy atom. The highest BCUT2D eigenvalue weighted by atomic mass is 127. The summed E-state index contributed by atoms with van der Waals surface area (Å²) in [4.78, 5) is 15.3. The van der Waals surface area contributed by atoms with Crippen LogP contribution in [0, 0.1) is 16.0 Å². The molecule has 0 aromatic heterocycles. The zero-order valence-corrected chi connectivity index (χ0v) is 20.9. The second-order valence-electron chi connectivity index (χ2n) is 8.13. The Hall–Kier alpha value is -2.72. The predicted octanol–water partition coefficient (Wildman–Crippen LogP) is 5.20. The molecule has 1 saturated heterocycles. The Labute approximate surface area is 210 Å². The number of benzene rings is 3. The molecule has 3 aromatic carbocycles. The van der Waals surface area contributed by atoms with Gasteiger partial charge in [-0.25, -0.2) is 4.99 Å². The highest BCUT2D eigenvalue weighted by molar-refractivity contribution is 14.0. The smallest absolute Gasteiger partial charge is 0.269 e. The van der Waals surface area contributed by atoms with E-state index in [1.54, 1.807) is 12.1 Å². The molecular weight excluding hydrogens is 531 g/mol. The van der Waals surface area contributed by atoms with Crippen LogP contribution in [-0.4, -0.2) is 30.6 Å². The summed E-state index contributed by atoms with van der Waals surface area (Å²) in [6.45, 7) is 4.91. The second kappa shape index (κ2) is 11.9. The number of nitro groups is 1. The van der Waals surface area contributed by atoms with Crippen molar-refractivity contribution in [1.29, 1.82) is 0 Å². The average Bonchev–Trinajstić information content (AvgIpc) is 3.34. The molecule has 1 fully saturated rings. The summed E-state index contributed by atoms with van der Waals surface area (Å²) < 4.78 is 5.49. The van der Waals surface area contributed by atoms with Crippen LogP contribution in [0.3, 0.4) is 0 Å². The summed E-state index contributed by atoms with van der Waals surface area (Å²) in [6.07, 6.45) is 1.04. The lowest BCUT2D eigenvalue weighted by atomic mass is 10.00. The number of ether oxygens (including phenoxy) is 1. The molecule has 2 unspecified atom stereocenters. The maximum absolute atomic E-state index is 10.9. The van der Waals surface area contributed by atoms with Crippen molar-refractivity contribution in [1.82, 2.24) is 10.6 Å².